The Balaban J connectivity index is 2.55. The van der Waals surface area contributed by atoms with Crippen molar-refractivity contribution in [1.29, 1.82) is 5.41 Å². The van der Waals surface area contributed by atoms with Crippen LogP contribution in [0.25, 0.3) is 0 Å². The molecule has 0 aliphatic rings. The molecule has 0 aromatic heterocycles. The first-order valence-electron chi connectivity index (χ1n) is 5.04. The fourth-order valence-corrected chi connectivity index (χ4v) is 1.45. The van der Waals surface area contributed by atoms with E-state index in [4.69, 9.17) is 27.5 Å². The molecule has 0 amide bonds. The summed E-state index contributed by atoms with van der Waals surface area (Å²) in [6, 6.07) is 6.68. The second kappa shape index (κ2) is 6.06. The molecule has 7 heteroatoms. The molecule has 0 spiro atoms. The summed E-state index contributed by atoms with van der Waals surface area (Å²) in [6.45, 7) is -0.746. The van der Waals surface area contributed by atoms with Crippen molar-refractivity contribution in [2.45, 2.75) is 12.8 Å². The van der Waals surface area contributed by atoms with E-state index < -0.39 is 24.5 Å². The lowest BCUT2D eigenvalue weighted by Gasteiger charge is -2.18. The molecule has 1 aromatic carbocycles. The molecule has 0 bridgehead atoms. The van der Waals surface area contributed by atoms with Crippen LogP contribution in [0.4, 0.5) is 13.2 Å². The van der Waals surface area contributed by atoms with Crippen molar-refractivity contribution in [2.24, 2.45) is 11.7 Å². The summed E-state index contributed by atoms with van der Waals surface area (Å²) >= 11 is 5.82. The summed E-state index contributed by atoms with van der Waals surface area (Å²) in [4.78, 5) is 0. The van der Waals surface area contributed by atoms with Gasteiger partial charge in [-0.1, -0.05) is 29.8 Å². The van der Waals surface area contributed by atoms with Crippen LogP contribution in [0.2, 0.25) is 5.02 Å². The zero-order chi connectivity index (χ0) is 13.8. The minimum atomic E-state index is -4.58. The van der Waals surface area contributed by atoms with Crippen LogP contribution in [0.3, 0.4) is 0 Å². The second-order valence-electron chi connectivity index (χ2n) is 3.66. The van der Waals surface area contributed by atoms with E-state index in [1.54, 1.807) is 24.3 Å². The van der Waals surface area contributed by atoms with E-state index in [-0.39, 0.29) is 6.61 Å². The molecule has 18 heavy (non-hydrogen) atoms. The van der Waals surface area contributed by atoms with Crippen molar-refractivity contribution in [3.05, 3.63) is 34.9 Å². The largest absolute Gasteiger partial charge is 0.400 e. The van der Waals surface area contributed by atoms with Crippen LogP contribution >= 0.6 is 11.6 Å². The van der Waals surface area contributed by atoms with Gasteiger partial charge >= 0.3 is 6.18 Å². The van der Waals surface area contributed by atoms with Crippen molar-refractivity contribution in [3.63, 3.8) is 0 Å². The van der Waals surface area contributed by atoms with Crippen LogP contribution in [0, 0.1) is 11.3 Å². The lowest BCUT2D eigenvalue weighted by molar-refractivity contribution is -0.169. The molecule has 3 nitrogen and oxygen atoms in total. The minimum absolute atomic E-state index is 0.0560. The highest BCUT2D eigenvalue weighted by atomic mass is 35.5. The van der Waals surface area contributed by atoms with Gasteiger partial charge in [0.25, 0.3) is 0 Å². The number of nitrogens with two attached hydrogens (primary N) is 1. The first-order valence-corrected chi connectivity index (χ1v) is 5.42. The Kier molecular flexibility index (Phi) is 4.98. The van der Waals surface area contributed by atoms with E-state index in [0.29, 0.717) is 10.6 Å². The minimum Gasteiger partial charge on any atom is -0.387 e. The number of alkyl halides is 3. The van der Waals surface area contributed by atoms with Crippen molar-refractivity contribution >= 4 is 17.4 Å². The molecule has 1 unspecified atom stereocenters. The third-order valence-corrected chi connectivity index (χ3v) is 2.64. The van der Waals surface area contributed by atoms with Crippen LogP contribution in [-0.2, 0) is 11.3 Å². The van der Waals surface area contributed by atoms with Gasteiger partial charge < -0.3 is 10.5 Å². The Morgan fingerprint density at radius 3 is 2.50 bits per heavy atom. The molecule has 3 N–H and O–H groups in total. The van der Waals surface area contributed by atoms with E-state index in [0.717, 1.165) is 0 Å². The molecule has 0 saturated carbocycles. The van der Waals surface area contributed by atoms with Gasteiger partial charge in [0.15, 0.2) is 0 Å². The predicted molar refractivity (Wildman–Crippen MR) is 62.6 cm³/mol. The molecule has 1 aromatic rings. The summed E-state index contributed by atoms with van der Waals surface area (Å²) in [5.74, 6) is -3.04. The molecule has 1 rings (SSSR count). The monoisotopic (exact) mass is 280 g/mol. The normalized spacial score (nSPS) is 13.3. The van der Waals surface area contributed by atoms with E-state index in [2.05, 4.69) is 0 Å². The highest BCUT2D eigenvalue weighted by molar-refractivity contribution is 6.31. The Bertz CT molecular complexity index is 423. The van der Waals surface area contributed by atoms with Crippen molar-refractivity contribution in [3.8, 4) is 0 Å². The third-order valence-electron chi connectivity index (χ3n) is 2.27. The summed E-state index contributed by atoms with van der Waals surface area (Å²) in [5, 5.41) is 7.30. The first-order chi connectivity index (χ1) is 8.32. The second-order valence-corrected chi connectivity index (χ2v) is 4.06. The lowest BCUT2D eigenvalue weighted by Crippen LogP contribution is -2.38. The molecule has 0 aliphatic heterocycles. The molecule has 1 atom stereocenters. The van der Waals surface area contributed by atoms with Gasteiger partial charge in [0.1, 0.15) is 11.8 Å². The number of nitrogens with one attached hydrogen (secondary N) is 1. The fourth-order valence-electron chi connectivity index (χ4n) is 1.26. The average molecular weight is 281 g/mol. The fraction of sp³-hybridized carbons (Fsp3) is 0.364. The number of hydrogen-bond acceptors (Lipinski definition) is 2. The maximum absolute atomic E-state index is 12.4. The van der Waals surface area contributed by atoms with Crippen molar-refractivity contribution in [2.75, 3.05) is 6.61 Å². The zero-order valence-electron chi connectivity index (χ0n) is 9.30. The van der Waals surface area contributed by atoms with Gasteiger partial charge in [0.2, 0.25) is 0 Å². The van der Waals surface area contributed by atoms with E-state index in [9.17, 15) is 13.2 Å². The molecule has 100 valence electrons. The summed E-state index contributed by atoms with van der Waals surface area (Å²) < 4.78 is 42.3. The topological polar surface area (TPSA) is 59.1 Å². The zero-order valence-corrected chi connectivity index (χ0v) is 10.1. The number of hydrogen-bond donors (Lipinski definition) is 2. The molecule has 0 heterocycles. The van der Waals surface area contributed by atoms with Gasteiger partial charge in [0, 0.05) is 5.02 Å². The standard InChI is InChI=1S/C11H12ClF3N2O/c12-9-4-2-1-3-7(9)5-18-6-8(10(16)17)11(13,14)15/h1-4,8H,5-6H2,(H3,16,17). The highest BCUT2D eigenvalue weighted by Gasteiger charge is 2.42. The van der Waals surface area contributed by atoms with Gasteiger partial charge in [-0.25, -0.2) is 0 Å². The van der Waals surface area contributed by atoms with Crippen LogP contribution in [0.1, 0.15) is 5.56 Å². The number of ether oxygens (including phenoxy) is 1. The van der Waals surface area contributed by atoms with Gasteiger partial charge in [-0.05, 0) is 11.6 Å². The van der Waals surface area contributed by atoms with Crippen molar-refractivity contribution in [1.82, 2.24) is 0 Å². The first kappa shape index (κ1) is 14.8. The summed E-state index contributed by atoms with van der Waals surface area (Å²) in [5.41, 5.74) is 5.48. The van der Waals surface area contributed by atoms with Crippen LogP contribution in [-0.4, -0.2) is 18.6 Å². The van der Waals surface area contributed by atoms with Crippen LogP contribution in [0.15, 0.2) is 24.3 Å². The van der Waals surface area contributed by atoms with Crippen LogP contribution < -0.4 is 5.73 Å². The molecular formula is C11H12ClF3N2O. The average Bonchev–Trinajstić information content (AvgIpc) is 2.24. The predicted octanol–water partition coefficient (Wildman–Crippen LogP) is 2.97. The molecule has 0 saturated heterocycles. The summed E-state index contributed by atoms with van der Waals surface area (Å²) in [7, 11) is 0. The lowest BCUT2D eigenvalue weighted by atomic mass is 10.1. The maximum atomic E-state index is 12.4. The number of rotatable bonds is 5. The van der Waals surface area contributed by atoms with Gasteiger partial charge in [0.05, 0.1) is 13.2 Å². The number of halogens is 4. The molecule has 0 aliphatic carbocycles. The van der Waals surface area contributed by atoms with E-state index in [1.807, 2.05) is 0 Å². The molecule has 0 fully saturated rings. The van der Waals surface area contributed by atoms with Crippen molar-refractivity contribution < 1.29 is 17.9 Å². The van der Waals surface area contributed by atoms with Gasteiger partial charge in [-0.2, -0.15) is 13.2 Å². The number of benzene rings is 1. The molecule has 0 radical (unpaired) electrons. The van der Waals surface area contributed by atoms with E-state index >= 15 is 0 Å². The Morgan fingerprint density at radius 2 is 2.00 bits per heavy atom. The Morgan fingerprint density at radius 1 is 1.39 bits per heavy atom. The highest BCUT2D eigenvalue weighted by Crippen LogP contribution is 2.26. The van der Waals surface area contributed by atoms with Gasteiger partial charge in [-0.3, -0.25) is 5.41 Å². The third kappa shape index (κ3) is 4.19. The smallest absolute Gasteiger partial charge is 0.387 e. The number of amidine groups is 1. The summed E-state index contributed by atoms with van der Waals surface area (Å²) in [6.07, 6.45) is -4.58. The quantitative estimate of drug-likeness (QED) is 0.643. The Hall–Kier alpha value is -1.27. The Labute approximate surface area is 107 Å². The van der Waals surface area contributed by atoms with Gasteiger partial charge in [-0.15, -0.1) is 0 Å². The maximum Gasteiger partial charge on any atom is 0.400 e. The van der Waals surface area contributed by atoms with Crippen LogP contribution in [0.5, 0.6) is 0 Å². The SMILES string of the molecule is N=C(N)C(COCc1ccccc1Cl)C(F)(F)F. The van der Waals surface area contributed by atoms with E-state index in [1.165, 1.54) is 0 Å². The molecular weight excluding hydrogens is 269 g/mol.